The summed E-state index contributed by atoms with van der Waals surface area (Å²) in [5.74, 6) is 2.48. The standard InChI is InChI=1S/C17H18N2O2S/c1-12-4-2-3-5-15(12)19-17(20)13-6-8-18-16(10-13)21-14-7-9-22-11-14/h2-6,8,10,14H,7,9,11H2,1H3,(H,19,20). The van der Waals surface area contributed by atoms with Crippen molar-refractivity contribution >= 4 is 23.4 Å². The molecule has 1 N–H and O–H groups in total. The maximum absolute atomic E-state index is 12.4. The highest BCUT2D eigenvalue weighted by molar-refractivity contribution is 7.99. The second-order valence-corrected chi connectivity index (χ2v) is 6.41. The number of amides is 1. The predicted molar refractivity (Wildman–Crippen MR) is 89.7 cm³/mol. The molecule has 0 saturated carbocycles. The Kier molecular flexibility index (Phi) is 4.63. The number of pyridine rings is 1. The summed E-state index contributed by atoms with van der Waals surface area (Å²) in [5.41, 5.74) is 2.40. The molecule has 1 saturated heterocycles. The van der Waals surface area contributed by atoms with Crippen LogP contribution in [0.4, 0.5) is 5.69 Å². The molecule has 1 aliphatic rings. The molecule has 4 nitrogen and oxygen atoms in total. The van der Waals surface area contributed by atoms with Crippen LogP contribution in [-0.2, 0) is 0 Å². The molecule has 1 fully saturated rings. The molecule has 1 unspecified atom stereocenters. The molecule has 0 aliphatic carbocycles. The van der Waals surface area contributed by atoms with Gasteiger partial charge in [-0.25, -0.2) is 4.98 Å². The van der Waals surface area contributed by atoms with Crippen LogP contribution in [0, 0.1) is 6.92 Å². The molecular formula is C17H18N2O2S. The number of hydrogen-bond donors (Lipinski definition) is 1. The fraction of sp³-hybridized carbons (Fsp3) is 0.294. The van der Waals surface area contributed by atoms with Gasteiger partial charge in [-0.2, -0.15) is 11.8 Å². The van der Waals surface area contributed by atoms with Crippen molar-refractivity contribution in [3.8, 4) is 5.88 Å². The number of anilines is 1. The molecular weight excluding hydrogens is 296 g/mol. The Bertz CT molecular complexity index is 669. The Morgan fingerprint density at radius 1 is 1.36 bits per heavy atom. The van der Waals surface area contributed by atoms with E-state index in [1.54, 1.807) is 18.3 Å². The van der Waals surface area contributed by atoms with E-state index in [0.717, 1.165) is 29.2 Å². The molecule has 3 rings (SSSR count). The summed E-state index contributed by atoms with van der Waals surface area (Å²) in [6, 6.07) is 11.1. The van der Waals surface area contributed by atoms with Gasteiger partial charge in [-0.05, 0) is 36.8 Å². The lowest BCUT2D eigenvalue weighted by molar-refractivity contribution is 0.102. The van der Waals surface area contributed by atoms with Gasteiger partial charge in [0.1, 0.15) is 6.10 Å². The number of para-hydroxylation sites is 1. The lowest BCUT2D eigenvalue weighted by Gasteiger charge is -2.12. The first-order valence-electron chi connectivity index (χ1n) is 7.30. The average molecular weight is 314 g/mol. The zero-order valence-electron chi connectivity index (χ0n) is 12.4. The number of carbonyl (C=O) groups is 1. The van der Waals surface area contributed by atoms with Crippen molar-refractivity contribution < 1.29 is 9.53 Å². The first-order chi connectivity index (χ1) is 10.7. The Morgan fingerprint density at radius 2 is 2.23 bits per heavy atom. The van der Waals surface area contributed by atoms with E-state index in [-0.39, 0.29) is 12.0 Å². The molecule has 1 aromatic heterocycles. The number of ether oxygens (including phenoxy) is 1. The molecule has 1 amide bonds. The van der Waals surface area contributed by atoms with Crippen LogP contribution in [-0.4, -0.2) is 28.5 Å². The molecule has 1 atom stereocenters. The fourth-order valence-electron chi connectivity index (χ4n) is 2.30. The number of benzene rings is 1. The first kappa shape index (κ1) is 14.9. The smallest absolute Gasteiger partial charge is 0.255 e. The van der Waals surface area contributed by atoms with Gasteiger partial charge in [-0.3, -0.25) is 4.79 Å². The number of thioether (sulfide) groups is 1. The number of rotatable bonds is 4. The van der Waals surface area contributed by atoms with Crippen LogP contribution in [0.1, 0.15) is 22.3 Å². The monoisotopic (exact) mass is 314 g/mol. The molecule has 0 bridgehead atoms. The van der Waals surface area contributed by atoms with Crippen LogP contribution in [0.2, 0.25) is 0 Å². The molecule has 1 aromatic carbocycles. The first-order valence-corrected chi connectivity index (χ1v) is 8.45. The van der Waals surface area contributed by atoms with Crippen molar-refractivity contribution in [2.45, 2.75) is 19.4 Å². The van der Waals surface area contributed by atoms with Gasteiger partial charge in [0.05, 0.1) is 0 Å². The molecule has 22 heavy (non-hydrogen) atoms. The van der Waals surface area contributed by atoms with Crippen LogP contribution in [0.25, 0.3) is 0 Å². The Labute approximate surface area is 134 Å². The lowest BCUT2D eigenvalue weighted by Crippen LogP contribution is -2.17. The van der Waals surface area contributed by atoms with Gasteiger partial charge in [0, 0.05) is 29.3 Å². The number of nitrogens with one attached hydrogen (secondary N) is 1. The number of aryl methyl sites for hydroxylation is 1. The fourth-order valence-corrected chi connectivity index (χ4v) is 3.39. The average Bonchev–Trinajstić information content (AvgIpc) is 3.03. The largest absolute Gasteiger partial charge is 0.473 e. The van der Waals surface area contributed by atoms with Gasteiger partial charge in [-0.15, -0.1) is 0 Å². The maximum atomic E-state index is 12.4. The Morgan fingerprint density at radius 3 is 3.00 bits per heavy atom. The summed E-state index contributed by atoms with van der Waals surface area (Å²) >= 11 is 1.88. The number of nitrogens with zero attached hydrogens (tertiary/aromatic N) is 1. The molecule has 114 valence electrons. The van der Waals surface area contributed by atoms with Gasteiger partial charge >= 0.3 is 0 Å². The van der Waals surface area contributed by atoms with E-state index in [2.05, 4.69) is 10.3 Å². The Balaban J connectivity index is 1.71. The van der Waals surface area contributed by atoms with Gasteiger partial charge in [-0.1, -0.05) is 18.2 Å². The summed E-state index contributed by atoms with van der Waals surface area (Å²) in [7, 11) is 0. The third kappa shape index (κ3) is 3.60. The lowest BCUT2D eigenvalue weighted by atomic mass is 10.2. The van der Waals surface area contributed by atoms with E-state index in [1.165, 1.54) is 0 Å². The van der Waals surface area contributed by atoms with E-state index >= 15 is 0 Å². The van der Waals surface area contributed by atoms with Crippen LogP contribution in [0.15, 0.2) is 42.6 Å². The summed E-state index contributed by atoms with van der Waals surface area (Å²) in [6.07, 6.45) is 2.85. The number of carbonyl (C=O) groups excluding carboxylic acids is 1. The quantitative estimate of drug-likeness (QED) is 0.938. The van der Waals surface area contributed by atoms with Gasteiger partial charge in [0.2, 0.25) is 5.88 Å². The van der Waals surface area contributed by atoms with Crippen molar-refractivity contribution in [1.82, 2.24) is 4.98 Å². The van der Waals surface area contributed by atoms with E-state index in [9.17, 15) is 4.79 Å². The van der Waals surface area contributed by atoms with E-state index in [1.807, 2.05) is 43.0 Å². The molecule has 5 heteroatoms. The SMILES string of the molecule is Cc1ccccc1NC(=O)c1ccnc(OC2CCSC2)c1. The normalized spacial score (nSPS) is 17.2. The molecule has 0 spiro atoms. The van der Waals surface area contributed by atoms with Crippen molar-refractivity contribution in [3.63, 3.8) is 0 Å². The summed E-state index contributed by atoms with van der Waals surface area (Å²) in [6.45, 7) is 1.97. The summed E-state index contributed by atoms with van der Waals surface area (Å²) < 4.78 is 5.83. The van der Waals surface area contributed by atoms with Crippen LogP contribution in [0.5, 0.6) is 5.88 Å². The van der Waals surface area contributed by atoms with Crippen LogP contribution >= 0.6 is 11.8 Å². The van der Waals surface area contributed by atoms with E-state index in [4.69, 9.17) is 4.74 Å². The van der Waals surface area contributed by atoms with Crippen molar-refractivity contribution in [1.29, 1.82) is 0 Å². The van der Waals surface area contributed by atoms with Crippen molar-refractivity contribution in [2.75, 3.05) is 16.8 Å². The minimum Gasteiger partial charge on any atom is -0.473 e. The highest BCUT2D eigenvalue weighted by atomic mass is 32.2. The van der Waals surface area contributed by atoms with Crippen LogP contribution < -0.4 is 10.1 Å². The van der Waals surface area contributed by atoms with Crippen molar-refractivity contribution in [3.05, 3.63) is 53.7 Å². The predicted octanol–water partition coefficient (Wildman–Crippen LogP) is 3.53. The minimum absolute atomic E-state index is 0.151. The molecule has 2 aromatic rings. The summed E-state index contributed by atoms with van der Waals surface area (Å²) in [5, 5.41) is 2.92. The van der Waals surface area contributed by atoms with Gasteiger partial charge < -0.3 is 10.1 Å². The molecule has 2 heterocycles. The third-order valence-corrected chi connectivity index (χ3v) is 4.70. The highest BCUT2D eigenvalue weighted by Gasteiger charge is 2.18. The maximum Gasteiger partial charge on any atom is 0.255 e. The highest BCUT2D eigenvalue weighted by Crippen LogP contribution is 2.22. The van der Waals surface area contributed by atoms with Gasteiger partial charge in [0.25, 0.3) is 5.91 Å². The molecule has 1 aliphatic heterocycles. The third-order valence-electron chi connectivity index (χ3n) is 3.57. The second kappa shape index (κ2) is 6.83. The van der Waals surface area contributed by atoms with Crippen LogP contribution in [0.3, 0.4) is 0 Å². The number of hydrogen-bond acceptors (Lipinski definition) is 4. The Hall–Kier alpha value is -2.01. The van der Waals surface area contributed by atoms with E-state index in [0.29, 0.717) is 11.4 Å². The van der Waals surface area contributed by atoms with Gasteiger partial charge in [0.15, 0.2) is 0 Å². The minimum atomic E-state index is -0.151. The van der Waals surface area contributed by atoms with Crippen molar-refractivity contribution in [2.24, 2.45) is 0 Å². The zero-order valence-corrected chi connectivity index (χ0v) is 13.2. The zero-order chi connectivity index (χ0) is 15.4. The topological polar surface area (TPSA) is 51.2 Å². The van der Waals surface area contributed by atoms with E-state index < -0.39 is 0 Å². The molecule has 0 radical (unpaired) electrons. The number of aromatic nitrogens is 1. The summed E-state index contributed by atoms with van der Waals surface area (Å²) in [4.78, 5) is 16.6. The second-order valence-electron chi connectivity index (χ2n) is 5.26.